The maximum atomic E-state index is 12.8. The van der Waals surface area contributed by atoms with Crippen molar-refractivity contribution >= 4 is 23.7 Å². The van der Waals surface area contributed by atoms with E-state index in [2.05, 4.69) is 15.0 Å². The Balaban J connectivity index is 2.22. The SMILES string of the molecule is COC(=O)Nc1c(C)cc(/N=C/c2ccc(F)cc2)cc1C. The first kappa shape index (κ1) is 15.7. The largest absolute Gasteiger partial charge is 0.453 e. The summed E-state index contributed by atoms with van der Waals surface area (Å²) in [6, 6.07) is 9.82. The summed E-state index contributed by atoms with van der Waals surface area (Å²) in [6.07, 6.45) is 1.16. The minimum Gasteiger partial charge on any atom is -0.453 e. The number of amides is 1. The first-order valence-electron chi connectivity index (χ1n) is 6.75. The molecular weight excluding hydrogens is 283 g/mol. The van der Waals surface area contributed by atoms with Gasteiger partial charge < -0.3 is 4.74 Å². The van der Waals surface area contributed by atoms with Gasteiger partial charge in [0, 0.05) is 11.9 Å². The average molecular weight is 300 g/mol. The number of methoxy groups -OCH3 is 1. The molecule has 0 heterocycles. The number of benzene rings is 2. The zero-order chi connectivity index (χ0) is 16.1. The Bertz CT molecular complexity index is 686. The molecule has 0 aliphatic rings. The number of halogens is 1. The minimum atomic E-state index is -0.506. The summed E-state index contributed by atoms with van der Waals surface area (Å²) < 4.78 is 17.4. The summed E-state index contributed by atoms with van der Waals surface area (Å²) in [6.45, 7) is 3.77. The van der Waals surface area contributed by atoms with E-state index in [0.717, 1.165) is 22.4 Å². The molecule has 1 N–H and O–H groups in total. The van der Waals surface area contributed by atoms with E-state index in [9.17, 15) is 9.18 Å². The molecule has 2 aromatic rings. The van der Waals surface area contributed by atoms with E-state index in [1.807, 2.05) is 26.0 Å². The van der Waals surface area contributed by atoms with Crippen LogP contribution in [0.3, 0.4) is 0 Å². The van der Waals surface area contributed by atoms with Crippen LogP contribution in [0, 0.1) is 19.7 Å². The van der Waals surface area contributed by atoms with E-state index < -0.39 is 6.09 Å². The van der Waals surface area contributed by atoms with Crippen LogP contribution < -0.4 is 5.32 Å². The summed E-state index contributed by atoms with van der Waals surface area (Å²) in [4.78, 5) is 15.7. The van der Waals surface area contributed by atoms with E-state index in [-0.39, 0.29) is 5.82 Å². The number of aryl methyl sites for hydroxylation is 2. The molecule has 1 amide bonds. The molecule has 2 rings (SSSR count). The number of hydrogen-bond acceptors (Lipinski definition) is 3. The lowest BCUT2D eigenvalue weighted by atomic mass is 10.1. The van der Waals surface area contributed by atoms with Crippen molar-refractivity contribution in [3.05, 3.63) is 58.9 Å². The zero-order valence-electron chi connectivity index (χ0n) is 12.7. The number of rotatable bonds is 3. The molecular formula is C17H17FN2O2. The molecule has 0 atom stereocenters. The fourth-order valence-corrected chi connectivity index (χ4v) is 2.06. The first-order chi connectivity index (χ1) is 10.5. The third-order valence-electron chi connectivity index (χ3n) is 3.16. The summed E-state index contributed by atoms with van der Waals surface area (Å²) in [5.41, 5.74) is 4.06. The lowest BCUT2D eigenvalue weighted by Crippen LogP contribution is -2.12. The molecule has 0 aliphatic heterocycles. The fourth-order valence-electron chi connectivity index (χ4n) is 2.06. The maximum Gasteiger partial charge on any atom is 0.411 e. The smallest absolute Gasteiger partial charge is 0.411 e. The number of nitrogens with zero attached hydrogens (tertiary/aromatic N) is 1. The molecule has 0 aliphatic carbocycles. The van der Waals surface area contributed by atoms with Crippen molar-refractivity contribution in [3.63, 3.8) is 0 Å². The van der Waals surface area contributed by atoms with Crippen LogP contribution in [0.25, 0.3) is 0 Å². The highest BCUT2D eigenvalue weighted by Crippen LogP contribution is 2.26. The van der Waals surface area contributed by atoms with Gasteiger partial charge in [0.05, 0.1) is 12.8 Å². The van der Waals surface area contributed by atoms with Crippen LogP contribution in [0.2, 0.25) is 0 Å². The number of hydrogen-bond donors (Lipinski definition) is 1. The topological polar surface area (TPSA) is 50.7 Å². The van der Waals surface area contributed by atoms with Crippen LogP contribution in [0.15, 0.2) is 41.4 Å². The highest BCUT2D eigenvalue weighted by Gasteiger charge is 2.08. The van der Waals surface area contributed by atoms with Gasteiger partial charge in [0.1, 0.15) is 5.82 Å². The second-order valence-electron chi connectivity index (χ2n) is 4.88. The van der Waals surface area contributed by atoms with Crippen LogP contribution in [0.1, 0.15) is 16.7 Å². The summed E-state index contributed by atoms with van der Waals surface area (Å²) >= 11 is 0. The Kier molecular flexibility index (Phi) is 4.88. The van der Waals surface area contributed by atoms with Crippen molar-refractivity contribution in [2.75, 3.05) is 12.4 Å². The first-order valence-corrected chi connectivity index (χ1v) is 6.75. The summed E-state index contributed by atoms with van der Waals surface area (Å²) in [5.74, 6) is -0.276. The van der Waals surface area contributed by atoms with Crippen molar-refractivity contribution in [2.45, 2.75) is 13.8 Å². The average Bonchev–Trinajstić information content (AvgIpc) is 2.50. The van der Waals surface area contributed by atoms with Crippen molar-refractivity contribution in [2.24, 2.45) is 4.99 Å². The van der Waals surface area contributed by atoms with Gasteiger partial charge in [-0.15, -0.1) is 0 Å². The predicted octanol–water partition coefficient (Wildman–Crippen LogP) is 4.37. The third-order valence-corrected chi connectivity index (χ3v) is 3.16. The van der Waals surface area contributed by atoms with Crippen LogP contribution in [-0.4, -0.2) is 19.4 Å². The fraction of sp³-hybridized carbons (Fsp3) is 0.176. The van der Waals surface area contributed by atoms with Crippen molar-refractivity contribution in [1.82, 2.24) is 0 Å². The summed E-state index contributed by atoms with van der Waals surface area (Å²) in [7, 11) is 1.32. The molecule has 4 nitrogen and oxygen atoms in total. The van der Waals surface area contributed by atoms with Crippen LogP contribution in [0.5, 0.6) is 0 Å². The Morgan fingerprint density at radius 3 is 2.32 bits per heavy atom. The van der Waals surface area contributed by atoms with Gasteiger partial charge in [0.25, 0.3) is 0 Å². The lowest BCUT2D eigenvalue weighted by Gasteiger charge is -2.11. The second kappa shape index (κ2) is 6.85. The maximum absolute atomic E-state index is 12.8. The summed E-state index contributed by atoms with van der Waals surface area (Å²) in [5, 5.41) is 2.68. The van der Waals surface area contributed by atoms with Crippen LogP contribution in [0.4, 0.5) is 20.6 Å². The van der Waals surface area contributed by atoms with E-state index in [1.54, 1.807) is 18.3 Å². The minimum absolute atomic E-state index is 0.276. The molecule has 0 saturated heterocycles. The number of aliphatic imine (C=N–C) groups is 1. The van der Waals surface area contributed by atoms with Crippen molar-refractivity contribution in [3.8, 4) is 0 Å². The van der Waals surface area contributed by atoms with E-state index in [4.69, 9.17) is 0 Å². The molecule has 22 heavy (non-hydrogen) atoms. The van der Waals surface area contributed by atoms with Gasteiger partial charge >= 0.3 is 6.09 Å². The van der Waals surface area contributed by atoms with E-state index in [0.29, 0.717) is 5.69 Å². The van der Waals surface area contributed by atoms with Gasteiger partial charge in [0.15, 0.2) is 0 Å². The molecule has 0 spiro atoms. The van der Waals surface area contributed by atoms with E-state index >= 15 is 0 Å². The number of ether oxygens (including phenoxy) is 1. The van der Waals surface area contributed by atoms with Crippen molar-refractivity contribution < 1.29 is 13.9 Å². The molecule has 0 radical (unpaired) electrons. The number of carbonyl (C=O) groups is 1. The van der Waals surface area contributed by atoms with Gasteiger partial charge in [-0.2, -0.15) is 0 Å². The second-order valence-corrected chi connectivity index (χ2v) is 4.88. The number of anilines is 1. The number of nitrogens with one attached hydrogen (secondary N) is 1. The Morgan fingerprint density at radius 1 is 1.18 bits per heavy atom. The predicted molar refractivity (Wildman–Crippen MR) is 85.6 cm³/mol. The van der Waals surface area contributed by atoms with Crippen molar-refractivity contribution in [1.29, 1.82) is 0 Å². The lowest BCUT2D eigenvalue weighted by molar-refractivity contribution is 0.187. The standard InChI is InChI=1S/C17H17FN2O2/c1-11-8-15(9-12(2)16(11)20-17(21)22-3)19-10-13-4-6-14(18)7-5-13/h4-10H,1-3H3,(H,20,21)/b19-10+. The van der Waals surface area contributed by atoms with Gasteiger partial charge in [-0.1, -0.05) is 12.1 Å². The molecule has 0 fully saturated rings. The molecule has 0 saturated carbocycles. The Hall–Kier alpha value is -2.69. The highest BCUT2D eigenvalue weighted by molar-refractivity contribution is 5.88. The quantitative estimate of drug-likeness (QED) is 0.856. The molecule has 2 aromatic carbocycles. The van der Waals surface area contributed by atoms with Gasteiger partial charge in [-0.25, -0.2) is 9.18 Å². The van der Waals surface area contributed by atoms with Gasteiger partial charge in [-0.05, 0) is 54.8 Å². The van der Waals surface area contributed by atoms with E-state index in [1.165, 1.54) is 19.2 Å². The zero-order valence-corrected chi connectivity index (χ0v) is 12.7. The highest BCUT2D eigenvalue weighted by atomic mass is 19.1. The molecule has 5 heteroatoms. The Morgan fingerprint density at radius 2 is 1.77 bits per heavy atom. The third kappa shape index (κ3) is 3.91. The van der Waals surface area contributed by atoms with Gasteiger partial charge in [0.2, 0.25) is 0 Å². The normalized spacial score (nSPS) is 10.7. The van der Waals surface area contributed by atoms with Crippen LogP contribution in [-0.2, 0) is 4.74 Å². The molecule has 114 valence electrons. The van der Waals surface area contributed by atoms with Crippen LogP contribution >= 0.6 is 0 Å². The van der Waals surface area contributed by atoms with Gasteiger partial charge in [-0.3, -0.25) is 10.3 Å². The monoisotopic (exact) mass is 300 g/mol. The molecule has 0 unspecified atom stereocenters. The number of carbonyl (C=O) groups excluding carboxylic acids is 1. The Labute approximate surface area is 128 Å². The molecule has 0 bridgehead atoms. The molecule has 0 aromatic heterocycles.